The summed E-state index contributed by atoms with van der Waals surface area (Å²) in [6, 6.07) is 0. The predicted molar refractivity (Wildman–Crippen MR) is 71.4 cm³/mol. The molecule has 0 spiro atoms. The molecule has 0 heterocycles. The van der Waals surface area contributed by atoms with Gasteiger partial charge in [-0.25, -0.2) is 0 Å². The summed E-state index contributed by atoms with van der Waals surface area (Å²) in [5.74, 6) is 0. The van der Waals surface area contributed by atoms with Crippen molar-refractivity contribution in [2.75, 3.05) is 13.1 Å². The van der Waals surface area contributed by atoms with Crippen LogP contribution >= 0.6 is 0 Å². The van der Waals surface area contributed by atoms with Crippen LogP contribution in [0.2, 0.25) is 0 Å². The van der Waals surface area contributed by atoms with Gasteiger partial charge in [-0.15, -0.1) is 0 Å². The number of allylic oxidation sites excluding steroid dienone is 1. The van der Waals surface area contributed by atoms with Crippen LogP contribution in [0.4, 0.5) is 0 Å². The van der Waals surface area contributed by atoms with Crippen molar-refractivity contribution in [3.63, 3.8) is 0 Å². The van der Waals surface area contributed by atoms with Gasteiger partial charge in [0.15, 0.2) is 0 Å². The lowest BCUT2D eigenvalue weighted by Gasteiger charge is -2.34. The topological polar surface area (TPSA) is 23.5 Å². The lowest BCUT2D eigenvalue weighted by molar-refractivity contribution is 0.0804. The minimum absolute atomic E-state index is 0.723. The second-order valence-corrected chi connectivity index (χ2v) is 4.90. The number of aliphatic hydroxyl groups is 1. The molecule has 0 amide bonds. The summed E-state index contributed by atoms with van der Waals surface area (Å²) in [6.45, 7) is 12.4. The minimum atomic E-state index is -0.723. The molecule has 0 fully saturated rings. The van der Waals surface area contributed by atoms with Gasteiger partial charge in [0.2, 0.25) is 0 Å². The molecule has 0 aliphatic rings. The molecule has 0 aromatic rings. The van der Waals surface area contributed by atoms with E-state index in [4.69, 9.17) is 0 Å². The van der Waals surface area contributed by atoms with E-state index in [1.54, 1.807) is 0 Å². The monoisotopic (exact) mass is 227 g/mol. The van der Waals surface area contributed by atoms with Crippen LogP contribution in [-0.2, 0) is 0 Å². The molecule has 0 aromatic carbocycles. The van der Waals surface area contributed by atoms with Crippen LogP contribution < -0.4 is 0 Å². The van der Waals surface area contributed by atoms with Crippen molar-refractivity contribution in [1.29, 1.82) is 0 Å². The van der Waals surface area contributed by atoms with E-state index in [-0.39, 0.29) is 0 Å². The summed E-state index contributed by atoms with van der Waals surface area (Å²) in [6.07, 6.45) is 6.65. The van der Waals surface area contributed by atoms with Crippen LogP contribution in [0.25, 0.3) is 0 Å². The third-order valence-electron chi connectivity index (χ3n) is 2.64. The Labute approximate surface area is 101 Å². The molecule has 0 rings (SSSR count). The Kier molecular flexibility index (Phi) is 7.48. The van der Waals surface area contributed by atoms with Crippen molar-refractivity contribution in [2.24, 2.45) is 0 Å². The van der Waals surface area contributed by atoms with Crippen LogP contribution in [0.5, 0.6) is 0 Å². The van der Waals surface area contributed by atoms with E-state index in [2.05, 4.69) is 31.7 Å². The van der Waals surface area contributed by atoms with Gasteiger partial charge in [0.1, 0.15) is 0 Å². The maximum atomic E-state index is 10.2. The van der Waals surface area contributed by atoms with E-state index < -0.39 is 5.60 Å². The molecule has 0 unspecified atom stereocenters. The molecule has 0 saturated heterocycles. The highest BCUT2D eigenvalue weighted by Gasteiger charge is 2.23. The summed E-state index contributed by atoms with van der Waals surface area (Å²) in [4.78, 5) is 2.34. The first-order chi connectivity index (χ1) is 7.47. The molecular formula is C14H29NO. The van der Waals surface area contributed by atoms with Crippen molar-refractivity contribution in [3.8, 4) is 0 Å². The number of rotatable bonds is 8. The SMILES string of the molecule is CC/C=C(\N(CCC)CCCC)C(C)(C)O. The summed E-state index contributed by atoms with van der Waals surface area (Å²) < 4.78 is 0. The van der Waals surface area contributed by atoms with Gasteiger partial charge in [0.05, 0.1) is 5.60 Å². The lowest BCUT2D eigenvalue weighted by Crippen LogP contribution is -2.37. The van der Waals surface area contributed by atoms with Crippen LogP contribution in [0.15, 0.2) is 11.8 Å². The zero-order chi connectivity index (χ0) is 12.6. The van der Waals surface area contributed by atoms with Crippen LogP contribution in [-0.4, -0.2) is 28.7 Å². The first kappa shape index (κ1) is 15.5. The fourth-order valence-corrected chi connectivity index (χ4v) is 1.93. The third-order valence-corrected chi connectivity index (χ3v) is 2.64. The molecule has 1 N–H and O–H groups in total. The minimum Gasteiger partial charge on any atom is -0.384 e. The highest BCUT2D eigenvalue weighted by Crippen LogP contribution is 2.21. The molecular weight excluding hydrogens is 198 g/mol. The first-order valence-corrected chi connectivity index (χ1v) is 6.65. The van der Waals surface area contributed by atoms with E-state index in [1.807, 2.05) is 13.8 Å². The van der Waals surface area contributed by atoms with Gasteiger partial charge in [-0.1, -0.05) is 33.3 Å². The number of unbranched alkanes of at least 4 members (excludes halogenated alkanes) is 1. The van der Waals surface area contributed by atoms with E-state index in [0.717, 1.165) is 31.6 Å². The van der Waals surface area contributed by atoms with E-state index in [1.165, 1.54) is 12.8 Å². The van der Waals surface area contributed by atoms with Crippen molar-refractivity contribution in [2.45, 2.75) is 65.9 Å². The second kappa shape index (κ2) is 7.72. The van der Waals surface area contributed by atoms with Gasteiger partial charge in [-0.3, -0.25) is 0 Å². The van der Waals surface area contributed by atoms with Crippen molar-refractivity contribution in [3.05, 3.63) is 11.8 Å². The summed E-state index contributed by atoms with van der Waals surface area (Å²) >= 11 is 0. The highest BCUT2D eigenvalue weighted by atomic mass is 16.3. The first-order valence-electron chi connectivity index (χ1n) is 6.65. The van der Waals surface area contributed by atoms with Crippen LogP contribution in [0.3, 0.4) is 0 Å². The van der Waals surface area contributed by atoms with E-state index in [0.29, 0.717) is 0 Å². The largest absolute Gasteiger partial charge is 0.384 e. The molecule has 2 heteroatoms. The van der Waals surface area contributed by atoms with Gasteiger partial charge < -0.3 is 10.0 Å². The van der Waals surface area contributed by atoms with Crippen molar-refractivity contribution < 1.29 is 5.11 Å². The van der Waals surface area contributed by atoms with Crippen LogP contribution in [0, 0.1) is 0 Å². The standard InChI is InChI=1S/C14H29NO/c1-6-9-12-15(11-8-3)13(10-7-2)14(4,5)16/h10,16H,6-9,11-12H2,1-5H3/b13-10-. The molecule has 16 heavy (non-hydrogen) atoms. The molecule has 0 aromatic heterocycles. The fourth-order valence-electron chi connectivity index (χ4n) is 1.93. The second-order valence-electron chi connectivity index (χ2n) is 4.90. The molecule has 2 nitrogen and oxygen atoms in total. The van der Waals surface area contributed by atoms with Gasteiger partial charge in [-0.2, -0.15) is 0 Å². The quantitative estimate of drug-likeness (QED) is 0.685. The van der Waals surface area contributed by atoms with Gasteiger partial charge in [0, 0.05) is 18.8 Å². The highest BCUT2D eigenvalue weighted by molar-refractivity contribution is 5.12. The summed E-state index contributed by atoms with van der Waals surface area (Å²) in [7, 11) is 0. The number of nitrogens with zero attached hydrogens (tertiary/aromatic N) is 1. The Hall–Kier alpha value is -0.500. The van der Waals surface area contributed by atoms with E-state index >= 15 is 0 Å². The van der Waals surface area contributed by atoms with E-state index in [9.17, 15) is 5.11 Å². The number of hydrogen-bond acceptors (Lipinski definition) is 2. The molecule has 0 aliphatic heterocycles. The Morgan fingerprint density at radius 1 is 1.12 bits per heavy atom. The van der Waals surface area contributed by atoms with Gasteiger partial charge >= 0.3 is 0 Å². The van der Waals surface area contributed by atoms with Gasteiger partial charge in [0.25, 0.3) is 0 Å². The Balaban J connectivity index is 4.73. The zero-order valence-corrected chi connectivity index (χ0v) is 11.7. The van der Waals surface area contributed by atoms with Gasteiger partial charge in [-0.05, 0) is 33.1 Å². The number of hydrogen-bond donors (Lipinski definition) is 1. The molecule has 0 saturated carbocycles. The molecule has 0 radical (unpaired) electrons. The maximum Gasteiger partial charge on any atom is 0.0982 e. The van der Waals surface area contributed by atoms with Crippen LogP contribution in [0.1, 0.15) is 60.3 Å². The normalized spacial score (nSPS) is 13.0. The maximum absolute atomic E-state index is 10.2. The summed E-state index contributed by atoms with van der Waals surface area (Å²) in [5, 5.41) is 10.2. The average Bonchev–Trinajstić information content (AvgIpc) is 2.19. The van der Waals surface area contributed by atoms with Crippen molar-refractivity contribution in [1.82, 2.24) is 4.90 Å². The molecule has 0 atom stereocenters. The Bertz CT molecular complexity index is 203. The summed E-state index contributed by atoms with van der Waals surface area (Å²) in [5.41, 5.74) is 0.365. The lowest BCUT2D eigenvalue weighted by atomic mass is 10.0. The Morgan fingerprint density at radius 2 is 1.75 bits per heavy atom. The molecule has 0 aliphatic carbocycles. The molecule has 96 valence electrons. The fraction of sp³-hybridized carbons (Fsp3) is 0.857. The smallest absolute Gasteiger partial charge is 0.0982 e. The zero-order valence-electron chi connectivity index (χ0n) is 11.7. The average molecular weight is 227 g/mol. The molecule has 0 bridgehead atoms. The third kappa shape index (κ3) is 5.55. The van der Waals surface area contributed by atoms with Crippen molar-refractivity contribution >= 4 is 0 Å². The predicted octanol–water partition coefficient (Wildman–Crippen LogP) is 3.56. The Morgan fingerprint density at radius 3 is 2.12 bits per heavy atom.